The van der Waals surface area contributed by atoms with Crippen LogP contribution >= 0.6 is 0 Å². The molecule has 1 aromatic rings. The highest BCUT2D eigenvalue weighted by Crippen LogP contribution is 2.39. The quantitative estimate of drug-likeness (QED) is 0.699. The van der Waals surface area contributed by atoms with Crippen molar-refractivity contribution in [3.05, 3.63) is 35.6 Å². The number of benzene rings is 1. The molecule has 0 aliphatic carbocycles. The first-order valence-corrected chi connectivity index (χ1v) is 9.91. The molecule has 7 heteroatoms. The molecule has 0 spiro atoms. The van der Waals surface area contributed by atoms with Crippen molar-refractivity contribution in [1.29, 1.82) is 0 Å². The highest BCUT2D eigenvalue weighted by Gasteiger charge is 2.47. The molecule has 0 unspecified atom stereocenters. The van der Waals surface area contributed by atoms with E-state index in [-0.39, 0.29) is 30.4 Å². The van der Waals surface area contributed by atoms with Gasteiger partial charge in [0.25, 0.3) is 0 Å². The maximum Gasteiger partial charge on any atom is 0.314 e. The lowest BCUT2D eigenvalue weighted by molar-refractivity contribution is -0.163. The number of halogens is 1. The van der Waals surface area contributed by atoms with Gasteiger partial charge in [0.1, 0.15) is 11.9 Å². The molecule has 6 nitrogen and oxygen atoms in total. The number of rotatable bonds is 6. The minimum atomic E-state index is -0.816. The van der Waals surface area contributed by atoms with E-state index in [4.69, 9.17) is 9.57 Å². The molecule has 1 amide bonds. The number of likely N-dealkylation sites (tertiary alicyclic amines) is 1. The van der Waals surface area contributed by atoms with Gasteiger partial charge in [0.2, 0.25) is 5.91 Å². The Bertz CT molecular complexity index is 767. The lowest BCUT2D eigenvalue weighted by atomic mass is 9.74. The highest BCUT2D eigenvalue weighted by atomic mass is 19.1. The second kappa shape index (κ2) is 8.71. The van der Waals surface area contributed by atoms with Gasteiger partial charge in [-0.3, -0.25) is 9.59 Å². The third-order valence-corrected chi connectivity index (χ3v) is 5.48. The molecule has 2 heterocycles. The average Bonchev–Trinajstić information content (AvgIpc) is 3.16. The van der Waals surface area contributed by atoms with E-state index in [0.29, 0.717) is 50.0 Å². The number of carbonyl (C=O) groups is 2. The molecule has 0 saturated carbocycles. The van der Waals surface area contributed by atoms with Gasteiger partial charge in [0, 0.05) is 37.9 Å². The van der Waals surface area contributed by atoms with Crippen LogP contribution in [-0.4, -0.2) is 48.3 Å². The average molecular weight is 390 g/mol. The Labute approximate surface area is 164 Å². The van der Waals surface area contributed by atoms with Crippen LogP contribution in [0.3, 0.4) is 0 Å². The zero-order valence-electron chi connectivity index (χ0n) is 16.4. The number of piperidine rings is 1. The van der Waals surface area contributed by atoms with Crippen molar-refractivity contribution < 1.29 is 23.6 Å². The lowest BCUT2D eigenvalue weighted by Crippen LogP contribution is -2.51. The second-order valence-electron chi connectivity index (χ2n) is 7.43. The molecule has 0 bridgehead atoms. The molecular formula is C21H27FN2O4. The monoisotopic (exact) mass is 390 g/mol. The molecule has 0 aromatic heterocycles. The minimum absolute atomic E-state index is 0.0315. The molecule has 1 aromatic carbocycles. The fourth-order valence-electron chi connectivity index (χ4n) is 4.10. The summed E-state index contributed by atoms with van der Waals surface area (Å²) in [5, 5.41) is 4.06. The van der Waals surface area contributed by atoms with Crippen LogP contribution in [0, 0.1) is 11.2 Å². The normalized spacial score (nSPS) is 24.5. The minimum Gasteiger partial charge on any atom is -0.466 e. The standard InChI is InChI=1S/C21H27FN2O4/c1-3-19(25)24-11-7-10-21(14-24,20(26)27-4-2)13-15-12-18(23-28-15)16-8-5-6-9-17(16)22/h5-6,8-9,15H,3-4,7,10-14H2,1-2H3/t15-,21-/m1/s1. The SMILES string of the molecule is CCOC(=O)[C@@]1(C[C@H]2CC(c3ccccc3F)=NO2)CCCN(C(=O)CC)C1. The predicted molar refractivity (Wildman–Crippen MR) is 102 cm³/mol. The van der Waals surface area contributed by atoms with Gasteiger partial charge in [-0.05, 0) is 25.8 Å². The number of amides is 1. The van der Waals surface area contributed by atoms with Gasteiger partial charge in [-0.1, -0.05) is 30.3 Å². The van der Waals surface area contributed by atoms with Crippen LogP contribution < -0.4 is 0 Å². The summed E-state index contributed by atoms with van der Waals surface area (Å²) in [5.41, 5.74) is 0.144. The predicted octanol–water partition coefficient (Wildman–Crippen LogP) is 3.29. The highest BCUT2D eigenvalue weighted by molar-refractivity contribution is 6.01. The van der Waals surface area contributed by atoms with Crippen LogP contribution in [0.4, 0.5) is 4.39 Å². The van der Waals surface area contributed by atoms with Crippen LogP contribution in [0.15, 0.2) is 29.4 Å². The smallest absolute Gasteiger partial charge is 0.314 e. The molecule has 152 valence electrons. The van der Waals surface area contributed by atoms with Crippen LogP contribution in [0.5, 0.6) is 0 Å². The van der Waals surface area contributed by atoms with Crippen LogP contribution in [0.1, 0.15) is 51.5 Å². The fraction of sp³-hybridized carbons (Fsp3) is 0.571. The Morgan fingerprint density at radius 3 is 2.86 bits per heavy atom. The Kier molecular flexibility index (Phi) is 6.31. The number of hydrogen-bond acceptors (Lipinski definition) is 5. The Hall–Kier alpha value is -2.44. The van der Waals surface area contributed by atoms with Gasteiger partial charge in [0.05, 0.1) is 17.7 Å². The zero-order valence-corrected chi connectivity index (χ0v) is 16.4. The topological polar surface area (TPSA) is 68.2 Å². The van der Waals surface area contributed by atoms with Crippen LogP contribution in [0.2, 0.25) is 0 Å². The molecule has 0 N–H and O–H groups in total. The van der Waals surface area contributed by atoms with Crippen molar-refractivity contribution in [2.45, 2.75) is 52.1 Å². The summed E-state index contributed by atoms with van der Waals surface area (Å²) in [6, 6.07) is 6.44. The molecule has 2 aliphatic rings. The number of esters is 1. The van der Waals surface area contributed by atoms with E-state index in [9.17, 15) is 14.0 Å². The van der Waals surface area contributed by atoms with Gasteiger partial charge in [0.15, 0.2) is 0 Å². The van der Waals surface area contributed by atoms with Gasteiger partial charge < -0.3 is 14.5 Å². The summed E-state index contributed by atoms with van der Waals surface area (Å²) < 4.78 is 19.4. The molecular weight excluding hydrogens is 363 g/mol. The Balaban J connectivity index is 1.75. The number of ether oxygens (including phenoxy) is 1. The summed E-state index contributed by atoms with van der Waals surface area (Å²) in [6.45, 7) is 4.85. The van der Waals surface area contributed by atoms with Crippen molar-refractivity contribution in [3.8, 4) is 0 Å². The number of oxime groups is 1. The first-order chi connectivity index (χ1) is 13.5. The van der Waals surface area contributed by atoms with Crippen LogP contribution in [0.25, 0.3) is 0 Å². The van der Waals surface area contributed by atoms with E-state index < -0.39 is 5.41 Å². The van der Waals surface area contributed by atoms with E-state index in [0.717, 1.165) is 6.42 Å². The second-order valence-corrected chi connectivity index (χ2v) is 7.43. The van der Waals surface area contributed by atoms with Crippen molar-refractivity contribution >= 4 is 17.6 Å². The number of hydrogen-bond donors (Lipinski definition) is 0. The van der Waals surface area contributed by atoms with Gasteiger partial charge in [-0.25, -0.2) is 4.39 Å². The summed E-state index contributed by atoms with van der Waals surface area (Å²) in [5.74, 6) is -0.612. The molecule has 1 fully saturated rings. The van der Waals surface area contributed by atoms with E-state index in [2.05, 4.69) is 5.16 Å². The third kappa shape index (κ3) is 4.18. The first-order valence-electron chi connectivity index (χ1n) is 9.91. The number of carbonyl (C=O) groups excluding carboxylic acids is 2. The van der Waals surface area contributed by atoms with Gasteiger partial charge >= 0.3 is 5.97 Å². The summed E-state index contributed by atoms with van der Waals surface area (Å²) >= 11 is 0. The van der Waals surface area contributed by atoms with E-state index in [1.807, 2.05) is 6.92 Å². The molecule has 0 radical (unpaired) electrons. The molecule has 2 atom stereocenters. The fourth-order valence-corrected chi connectivity index (χ4v) is 4.10. The third-order valence-electron chi connectivity index (χ3n) is 5.48. The molecule has 2 aliphatic heterocycles. The van der Waals surface area contributed by atoms with Crippen LogP contribution in [-0.2, 0) is 19.2 Å². The largest absolute Gasteiger partial charge is 0.466 e. The van der Waals surface area contributed by atoms with E-state index in [1.54, 1.807) is 30.0 Å². The Morgan fingerprint density at radius 1 is 1.36 bits per heavy atom. The lowest BCUT2D eigenvalue weighted by Gasteiger charge is -2.41. The molecule has 1 saturated heterocycles. The Morgan fingerprint density at radius 2 is 2.14 bits per heavy atom. The molecule has 3 rings (SSSR count). The number of nitrogens with zero attached hydrogens (tertiary/aromatic N) is 2. The van der Waals surface area contributed by atoms with Gasteiger partial charge in [-0.15, -0.1) is 0 Å². The maximum absolute atomic E-state index is 14.1. The van der Waals surface area contributed by atoms with Gasteiger partial charge in [-0.2, -0.15) is 0 Å². The molecule has 28 heavy (non-hydrogen) atoms. The van der Waals surface area contributed by atoms with E-state index in [1.165, 1.54) is 6.07 Å². The van der Waals surface area contributed by atoms with Crippen molar-refractivity contribution in [2.75, 3.05) is 19.7 Å². The summed E-state index contributed by atoms with van der Waals surface area (Å²) in [6.07, 6.45) is 2.23. The van der Waals surface area contributed by atoms with Crippen molar-refractivity contribution in [1.82, 2.24) is 4.90 Å². The first kappa shape index (κ1) is 20.3. The summed E-state index contributed by atoms with van der Waals surface area (Å²) in [4.78, 5) is 32.4. The van der Waals surface area contributed by atoms with Crippen molar-refractivity contribution in [3.63, 3.8) is 0 Å². The van der Waals surface area contributed by atoms with E-state index >= 15 is 0 Å². The zero-order chi connectivity index (χ0) is 20.1. The summed E-state index contributed by atoms with van der Waals surface area (Å²) in [7, 11) is 0. The maximum atomic E-state index is 14.1. The van der Waals surface area contributed by atoms with Crippen molar-refractivity contribution in [2.24, 2.45) is 10.6 Å².